The smallest absolute Gasteiger partial charge is 0.307 e. The van der Waals surface area contributed by atoms with Crippen molar-refractivity contribution in [1.29, 1.82) is 0 Å². The van der Waals surface area contributed by atoms with Crippen LogP contribution in [0.15, 0.2) is 12.2 Å². The Hall–Kier alpha value is -0.930. The molecule has 0 aliphatic rings. The Morgan fingerprint density at radius 3 is 2.25 bits per heavy atom. The van der Waals surface area contributed by atoms with Gasteiger partial charge in [0.25, 0.3) is 6.08 Å². The first kappa shape index (κ1) is 7.07. The third-order valence-corrected chi connectivity index (χ3v) is 0.431. The van der Waals surface area contributed by atoms with Crippen molar-refractivity contribution in [1.82, 2.24) is 0 Å². The molecular formula is C4H4F2O2. The first-order valence-electron chi connectivity index (χ1n) is 1.86. The van der Waals surface area contributed by atoms with Crippen molar-refractivity contribution < 1.29 is 18.7 Å². The van der Waals surface area contributed by atoms with E-state index >= 15 is 0 Å². The fourth-order valence-electron chi connectivity index (χ4n) is 0.164. The van der Waals surface area contributed by atoms with Gasteiger partial charge >= 0.3 is 5.97 Å². The molecule has 0 heterocycles. The lowest BCUT2D eigenvalue weighted by atomic mass is 10.4. The number of carboxylic acid groups (broad SMARTS) is 1. The number of hydrogen-bond donors (Lipinski definition) is 1. The van der Waals surface area contributed by atoms with Crippen LogP contribution >= 0.6 is 0 Å². The number of hydrogen-bond acceptors (Lipinski definition) is 1. The van der Waals surface area contributed by atoms with Crippen molar-refractivity contribution >= 4 is 5.97 Å². The number of carbonyl (C=O) groups is 1. The topological polar surface area (TPSA) is 37.3 Å². The minimum absolute atomic E-state index is 0.350. The largest absolute Gasteiger partial charge is 0.481 e. The lowest BCUT2D eigenvalue weighted by molar-refractivity contribution is -0.136. The highest BCUT2D eigenvalue weighted by Gasteiger charge is 1.93. The van der Waals surface area contributed by atoms with Gasteiger partial charge in [-0.15, -0.1) is 0 Å². The fourth-order valence-corrected chi connectivity index (χ4v) is 0.164. The molecule has 0 atom stereocenters. The zero-order valence-corrected chi connectivity index (χ0v) is 3.90. The molecule has 0 unspecified atom stereocenters. The van der Waals surface area contributed by atoms with Crippen LogP contribution in [-0.4, -0.2) is 11.1 Å². The van der Waals surface area contributed by atoms with E-state index in [0.717, 1.165) is 0 Å². The third kappa shape index (κ3) is 5.07. The van der Waals surface area contributed by atoms with E-state index in [1.807, 2.05) is 0 Å². The van der Waals surface area contributed by atoms with Crippen molar-refractivity contribution in [3.05, 3.63) is 12.2 Å². The Morgan fingerprint density at radius 2 is 2.12 bits per heavy atom. The van der Waals surface area contributed by atoms with Gasteiger partial charge in [0, 0.05) is 0 Å². The molecule has 8 heavy (non-hydrogen) atoms. The molecule has 0 aliphatic carbocycles. The Kier molecular flexibility index (Phi) is 2.76. The highest BCUT2D eigenvalue weighted by Crippen LogP contribution is 1.97. The molecule has 0 aromatic carbocycles. The van der Waals surface area contributed by atoms with Gasteiger partial charge in [0.2, 0.25) is 0 Å². The molecule has 46 valence electrons. The molecule has 0 aromatic heterocycles. The molecule has 4 heteroatoms. The van der Waals surface area contributed by atoms with Crippen LogP contribution in [0, 0.1) is 0 Å². The van der Waals surface area contributed by atoms with Gasteiger partial charge in [-0.05, 0) is 6.08 Å². The summed E-state index contributed by atoms with van der Waals surface area (Å²) in [6.07, 6.45) is -2.21. The maximum Gasteiger partial charge on any atom is 0.307 e. The molecule has 0 saturated heterocycles. The van der Waals surface area contributed by atoms with Crippen LogP contribution in [0.5, 0.6) is 0 Å². The lowest BCUT2D eigenvalue weighted by Gasteiger charge is -1.79. The van der Waals surface area contributed by atoms with Crippen molar-refractivity contribution in [3.63, 3.8) is 0 Å². The average molecular weight is 122 g/mol. The quantitative estimate of drug-likeness (QED) is 0.598. The van der Waals surface area contributed by atoms with Crippen LogP contribution in [-0.2, 0) is 4.79 Å². The molecule has 2 nitrogen and oxygen atoms in total. The van der Waals surface area contributed by atoms with Crippen molar-refractivity contribution in [3.8, 4) is 0 Å². The summed E-state index contributed by atoms with van der Waals surface area (Å²) < 4.78 is 22.0. The highest BCUT2D eigenvalue weighted by molar-refractivity contribution is 5.68. The van der Waals surface area contributed by atoms with Gasteiger partial charge in [0.05, 0.1) is 6.42 Å². The fraction of sp³-hybridized carbons (Fsp3) is 0.250. The van der Waals surface area contributed by atoms with E-state index < -0.39 is 18.5 Å². The summed E-state index contributed by atoms with van der Waals surface area (Å²) in [6.45, 7) is 0. The zero-order chi connectivity index (χ0) is 6.57. The highest BCUT2D eigenvalue weighted by atomic mass is 19.3. The van der Waals surface area contributed by atoms with E-state index in [1.54, 1.807) is 0 Å². The van der Waals surface area contributed by atoms with Gasteiger partial charge in [-0.2, -0.15) is 8.78 Å². The van der Waals surface area contributed by atoms with Gasteiger partial charge in [-0.3, -0.25) is 4.79 Å². The summed E-state index contributed by atoms with van der Waals surface area (Å²) in [6, 6.07) is 0. The average Bonchev–Trinajstić information content (AvgIpc) is 1.61. The lowest BCUT2D eigenvalue weighted by Crippen LogP contribution is -1.89. The Bertz CT molecular complexity index is 115. The van der Waals surface area contributed by atoms with Crippen LogP contribution in [0.2, 0.25) is 0 Å². The number of halogens is 2. The maximum absolute atomic E-state index is 11.0. The van der Waals surface area contributed by atoms with E-state index in [9.17, 15) is 13.6 Å². The van der Waals surface area contributed by atoms with E-state index in [1.165, 1.54) is 0 Å². The van der Waals surface area contributed by atoms with Crippen molar-refractivity contribution in [2.24, 2.45) is 0 Å². The second kappa shape index (κ2) is 3.12. The second-order valence-corrected chi connectivity index (χ2v) is 1.09. The summed E-state index contributed by atoms with van der Waals surface area (Å²) in [7, 11) is 0. The molecule has 0 saturated carbocycles. The van der Waals surface area contributed by atoms with Crippen molar-refractivity contribution in [2.75, 3.05) is 0 Å². The number of carboxylic acids is 1. The molecule has 0 radical (unpaired) electrons. The predicted molar refractivity (Wildman–Crippen MR) is 22.6 cm³/mol. The molecule has 0 aromatic rings. The molecular weight excluding hydrogens is 118 g/mol. The van der Waals surface area contributed by atoms with E-state index in [0.29, 0.717) is 6.08 Å². The van der Waals surface area contributed by atoms with Crippen LogP contribution in [0.25, 0.3) is 0 Å². The second-order valence-electron chi connectivity index (χ2n) is 1.09. The van der Waals surface area contributed by atoms with Crippen molar-refractivity contribution in [2.45, 2.75) is 6.42 Å². The first-order valence-corrected chi connectivity index (χ1v) is 1.86. The van der Waals surface area contributed by atoms with Gasteiger partial charge in [-0.1, -0.05) is 0 Å². The van der Waals surface area contributed by atoms with E-state index in [-0.39, 0.29) is 0 Å². The summed E-state index contributed by atoms with van der Waals surface area (Å²) in [5, 5.41) is 7.78. The molecule has 0 bridgehead atoms. The normalized spacial score (nSPS) is 8.25. The summed E-state index contributed by atoms with van der Waals surface area (Å²) in [5.74, 6) is -1.25. The standard InChI is InChI=1S/C4H4F2O2/c5-3(6)1-2-4(7)8/h1H,2H2,(H,7,8). The van der Waals surface area contributed by atoms with Crippen LogP contribution in [0.4, 0.5) is 8.78 Å². The SMILES string of the molecule is O=C(O)CC=C(F)F. The van der Waals surface area contributed by atoms with Crippen LogP contribution in [0.3, 0.4) is 0 Å². The number of rotatable bonds is 2. The molecule has 1 N–H and O–H groups in total. The minimum Gasteiger partial charge on any atom is -0.481 e. The first-order chi connectivity index (χ1) is 3.63. The third-order valence-electron chi connectivity index (χ3n) is 0.431. The summed E-state index contributed by atoms with van der Waals surface area (Å²) in [4.78, 5) is 9.53. The van der Waals surface area contributed by atoms with Gasteiger partial charge < -0.3 is 5.11 Å². The van der Waals surface area contributed by atoms with E-state index in [4.69, 9.17) is 5.11 Å². The molecule has 0 fully saturated rings. The minimum atomic E-state index is -1.95. The Morgan fingerprint density at radius 1 is 1.62 bits per heavy atom. The summed E-state index contributed by atoms with van der Waals surface area (Å²) >= 11 is 0. The van der Waals surface area contributed by atoms with Gasteiger partial charge in [0.15, 0.2) is 0 Å². The van der Waals surface area contributed by atoms with Crippen LogP contribution < -0.4 is 0 Å². The zero-order valence-electron chi connectivity index (χ0n) is 3.90. The van der Waals surface area contributed by atoms with Crippen LogP contribution in [0.1, 0.15) is 6.42 Å². The van der Waals surface area contributed by atoms with Gasteiger partial charge in [-0.25, -0.2) is 0 Å². The number of aliphatic carboxylic acids is 1. The summed E-state index contributed by atoms with van der Waals surface area (Å²) in [5.41, 5.74) is 0. The molecule has 0 aliphatic heterocycles. The molecule has 0 rings (SSSR count). The van der Waals surface area contributed by atoms with Gasteiger partial charge in [0.1, 0.15) is 0 Å². The Labute approximate surface area is 44.4 Å². The maximum atomic E-state index is 11.0. The predicted octanol–water partition coefficient (Wildman–Crippen LogP) is 1.24. The monoisotopic (exact) mass is 122 g/mol. The molecule has 0 spiro atoms. The Balaban J connectivity index is 3.45. The molecule has 0 amide bonds. The van der Waals surface area contributed by atoms with E-state index in [2.05, 4.69) is 0 Å².